The topological polar surface area (TPSA) is 41.5 Å². The van der Waals surface area contributed by atoms with Crippen molar-refractivity contribution in [3.8, 4) is 11.5 Å². The molecule has 2 N–H and O–H groups in total. The van der Waals surface area contributed by atoms with E-state index in [1.54, 1.807) is 17.4 Å². The Kier molecular flexibility index (Phi) is 5.04. The van der Waals surface area contributed by atoms with Crippen molar-refractivity contribution in [1.29, 1.82) is 0 Å². The van der Waals surface area contributed by atoms with Gasteiger partial charge in [-0.15, -0.1) is 11.3 Å². The van der Waals surface area contributed by atoms with E-state index in [1.807, 2.05) is 19.1 Å². The summed E-state index contributed by atoms with van der Waals surface area (Å²) >= 11 is 1.80. The smallest absolute Gasteiger partial charge is 0.162 e. The summed E-state index contributed by atoms with van der Waals surface area (Å²) in [4.78, 5) is 2.62. The van der Waals surface area contributed by atoms with Gasteiger partial charge in [-0.1, -0.05) is 12.1 Å². The van der Waals surface area contributed by atoms with Gasteiger partial charge in [0.25, 0.3) is 0 Å². The molecule has 0 saturated heterocycles. The number of aromatic hydroxyl groups is 1. The summed E-state index contributed by atoms with van der Waals surface area (Å²) in [6.45, 7) is 7.32. The van der Waals surface area contributed by atoms with Gasteiger partial charge in [0, 0.05) is 27.9 Å². The molecule has 0 spiro atoms. The number of thiophene rings is 1. The lowest BCUT2D eigenvalue weighted by Crippen LogP contribution is -2.17. The van der Waals surface area contributed by atoms with Crippen LogP contribution >= 0.6 is 11.3 Å². The minimum absolute atomic E-state index is 0.233. The van der Waals surface area contributed by atoms with E-state index in [2.05, 4.69) is 31.3 Å². The van der Waals surface area contributed by atoms with E-state index >= 15 is 0 Å². The summed E-state index contributed by atoms with van der Waals surface area (Å²) < 4.78 is 5.40. The molecule has 20 heavy (non-hydrogen) atoms. The molecule has 1 atom stereocenters. The van der Waals surface area contributed by atoms with Crippen LogP contribution in [-0.2, 0) is 6.54 Å². The van der Waals surface area contributed by atoms with Crippen LogP contribution in [0.15, 0.2) is 30.3 Å². The molecule has 0 bridgehead atoms. The van der Waals surface area contributed by atoms with Crippen LogP contribution in [0, 0.1) is 6.92 Å². The Labute approximate surface area is 124 Å². The van der Waals surface area contributed by atoms with E-state index in [4.69, 9.17) is 4.74 Å². The molecule has 1 heterocycles. The Morgan fingerprint density at radius 2 is 2.10 bits per heavy atom. The Balaban J connectivity index is 2.02. The molecule has 0 saturated carbocycles. The molecule has 1 aromatic carbocycles. The molecule has 108 valence electrons. The second kappa shape index (κ2) is 6.77. The standard InChI is InChI=1S/C16H21NO2S/c1-4-19-14-7-5-6-13(16(14)18)10-17-12(3)15-9-8-11(2)20-15/h5-9,12,17-18H,4,10H2,1-3H3. The van der Waals surface area contributed by atoms with Crippen LogP contribution in [0.1, 0.15) is 35.2 Å². The summed E-state index contributed by atoms with van der Waals surface area (Å²) in [6.07, 6.45) is 0. The number of phenols is 1. The van der Waals surface area contributed by atoms with Crippen LogP contribution in [0.5, 0.6) is 11.5 Å². The molecule has 0 radical (unpaired) electrons. The predicted molar refractivity (Wildman–Crippen MR) is 83.6 cm³/mol. The lowest BCUT2D eigenvalue weighted by atomic mass is 10.1. The van der Waals surface area contributed by atoms with Crippen molar-refractivity contribution in [2.75, 3.05) is 6.61 Å². The van der Waals surface area contributed by atoms with Gasteiger partial charge >= 0.3 is 0 Å². The molecule has 0 amide bonds. The summed E-state index contributed by atoms with van der Waals surface area (Å²) in [7, 11) is 0. The average Bonchev–Trinajstić information content (AvgIpc) is 2.86. The van der Waals surface area contributed by atoms with E-state index in [0.717, 1.165) is 5.56 Å². The van der Waals surface area contributed by atoms with E-state index in [0.29, 0.717) is 18.9 Å². The molecule has 2 rings (SSSR count). The fourth-order valence-corrected chi connectivity index (χ4v) is 2.94. The molecule has 1 unspecified atom stereocenters. The summed E-state index contributed by atoms with van der Waals surface area (Å²) in [6, 6.07) is 10.1. The Bertz CT molecular complexity index is 565. The summed E-state index contributed by atoms with van der Waals surface area (Å²) in [5.41, 5.74) is 0.857. The molecule has 1 aromatic heterocycles. The third-order valence-corrected chi connectivity index (χ3v) is 4.35. The second-order valence-electron chi connectivity index (χ2n) is 4.75. The second-order valence-corrected chi connectivity index (χ2v) is 6.07. The first kappa shape index (κ1) is 14.9. The number of hydrogen-bond donors (Lipinski definition) is 2. The molecule has 4 heteroatoms. The normalized spacial score (nSPS) is 12.3. The molecule has 0 fully saturated rings. The number of phenolic OH excluding ortho intramolecular Hbond substituents is 1. The summed E-state index contributed by atoms with van der Waals surface area (Å²) in [5.74, 6) is 0.780. The quantitative estimate of drug-likeness (QED) is 0.845. The number of aryl methyl sites for hydroxylation is 1. The first-order chi connectivity index (χ1) is 9.61. The van der Waals surface area contributed by atoms with Crippen LogP contribution in [0.25, 0.3) is 0 Å². The highest BCUT2D eigenvalue weighted by molar-refractivity contribution is 7.12. The number of hydrogen-bond acceptors (Lipinski definition) is 4. The maximum absolute atomic E-state index is 10.1. The fraction of sp³-hybridized carbons (Fsp3) is 0.375. The zero-order valence-corrected chi connectivity index (χ0v) is 13.0. The Hall–Kier alpha value is -1.52. The number of benzene rings is 1. The lowest BCUT2D eigenvalue weighted by molar-refractivity contribution is 0.316. The van der Waals surface area contributed by atoms with Gasteiger partial charge in [0.1, 0.15) is 0 Å². The van der Waals surface area contributed by atoms with Crippen molar-refractivity contribution >= 4 is 11.3 Å². The minimum Gasteiger partial charge on any atom is -0.504 e. The van der Waals surface area contributed by atoms with E-state index in [1.165, 1.54) is 9.75 Å². The van der Waals surface area contributed by atoms with Crippen LogP contribution in [0.4, 0.5) is 0 Å². The largest absolute Gasteiger partial charge is 0.504 e. The number of ether oxygens (including phenoxy) is 1. The van der Waals surface area contributed by atoms with Crippen LogP contribution in [-0.4, -0.2) is 11.7 Å². The van der Waals surface area contributed by atoms with Crippen molar-refractivity contribution < 1.29 is 9.84 Å². The van der Waals surface area contributed by atoms with Gasteiger partial charge in [-0.3, -0.25) is 0 Å². The van der Waals surface area contributed by atoms with Gasteiger partial charge in [0.05, 0.1) is 6.61 Å². The molecule has 0 aliphatic rings. The maximum Gasteiger partial charge on any atom is 0.162 e. The van der Waals surface area contributed by atoms with Crippen molar-refractivity contribution in [3.05, 3.63) is 45.6 Å². The highest BCUT2D eigenvalue weighted by Crippen LogP contribution is 2.30. The SMILES string of the molecule is CCOc1cccc(CNC(C)c2ccc(C)s2)c1O. The number of nitrogens with one attached hydrogen (secondary N) is 1. The molecule has 2 aromatic rings. The molecular formula is C16H21NO2S. The lowest BCUT2D eigenvalue weighted by Gasteiger charge is -2.14. The van der Waals surface area contributed by atoms with Crippen molar-refractivity contribution in [3.63, 3.8) is 0 Å². The molecule has 0 aliphatic carbocycles. The van der Waals surface area contributed by atoms with Gasteiger partial charge in [0.2, 0.25) is 0 Å². The molecule has 0 aliphatic heterocycles. The van der Waals surface area contributed by atoms with Crippen LogP contribution < -0.4 is 10.1 Å². The monoisotopic (exact) mass is 291 g/mol. The van der Waals surface area contributed by atoms with Crippen molar-refractivity contribution in [1.82, 2.24) is 5.32 Å². The van der Waals surface area contributed by atoms with Crippen molar-refractivity contribution in [2.24, 2.45) is 0 Å². The highest BCUT2D eigenvalue weighted by Gasteiger charge is 2.11. The first-order valence-electron chi connectivity index (χ1n) is 6.85. The number of rotatable bonds is 6. The van der Waals surface area contributed by atoms with Gasteiger partial charge in [0.15, 0.2) is 11.5 Å². The van der Waals surface area contributed by atoms with Gasteiger partial charge < -0.3 is 15.2 Å². The van der Waals surface area contributed by atoms with E-state index in [-0.39, 0.29) is 11.8 Å². The van der Waals surface area contributed by atoms with Gasteiger partial charge in [-0.05, 0) is 39.0 Å². The zero-order chi connectivity index (χ0) is 14.5. The van der Waals surface area contributed by atoms with Crippen LogP contribution in [0.2, 0.25) is 0 Å². The zero-order valence-electron chi connectivity index (χ0n) is 12.1. The average molecular weight is 291 g/mol. The fourth-order valence-electron chi connectivity index (χ4n) is 2.03. The Morgan fingerprint density at radius 1 is 1.30 bits per heavy atom. The van der Waals surface area contributed by atoms with Crippen LogP contribution in [0.3, 0.4) is 0 Å². The minimum atomic E-state index is 0.233. The highest BCUT2D eigenvalue weighted by atomic mass is 32.1. The van der Waals surface area contributed by atoms with Gasteiger partial charge in [-0.2, -0.15) is 0 Å². The predicted octanol–water partition coefficient (Wildman–Crippen LogP) is 4.01. The third kappa shape index (κ3) is 3.52. The van der Waals surface area contributed by atoms with Gasteiger partial charge in [-0.25, -0.2) is 0 Å². The maximum atomic E-state index is 10.1. The van der Waals surface area contributed by atoms with Crippen molar-refractivity contribution in [2.45, 2.75) is 33.4 Å². The van der Waals surface area contributed by atoms with E-state index in [9.17, 15) is 5.11 Å². The molecular weight excluding hydrogens is 270 g/mol. The molecule has 3 nitrogen and oxygen atoms in total. The first-order valence-corrected chi connectivity index (χ1v) is 7.66. The number of para-hydroxylation sites is 1. The third-order valence-electron chi connectivity index (χ3n) is 3.17. The van der Waals surface area contributed by atoms with E-state index < -0.39 is 0 Å². The Morgan fingerprint density at radius 3 is 2.75 bits per heavy atom. The summed E-state index contributed by atoms with van der Waals surface area (Å²) in [5, 5.41) is 13.6.